The van der Waals surface area contributed by atoms with Gasteiger partial charge in [-0.2, -0.15) is 0 Å². The third-order valence-corrected chi connectivity index (χ3v) is 5.73. The van der Waals surface area contributed by atoms with Crippen LogP contribution in [0.1, 0.15) is 45.2 Å². The molecule has 0 spiro atoms. The first-order valence-corrected chi connectivity index (χ1v) is 9.41. The fourth-order valence-electron chi connectivity index (χ4n) is 3.98. The highest BCUT2D eigenvalue weighted by molar-refractivity contribution is 5.96. The van der Waals surface area contributed by atoms with E-state index in [-0.39, 0.29) is 11.8 Å². The molecule has 1 aliphatic carbocycles. The molecule has 2 aromatic rings. The maximum absolute atomic E-state index is 12.2. The lowest BCUT2D eigenvalue weighted by atomic mass is 10.1. The standard InChI is InChI=1S/C20H26N4O/c1-4-15-6-5-7-24(15)19-10-14-9-18(21-11-17(14)13(3)22-19)23-20(25)16-8-12(16)2/h9-12,15-16H,4-8H2,1-3H3,(H,21,23,25)/t12-,15?,16+/m0/s1. The largest absolute Gasteiger partial charge is 0.354 e. The number of hydrogen-bond donors (Lipinski definition) is 1. The molecule has 132 valence electrons. The number of fused-ring (bicyclic) bond motifs is 1. The van der Waals surface area contributed by atoms with Gasteiger partial charge in [-0.1, -0.05) is 13.8 Å². The number of carbonyl (C=O) groups excluding carboxylic acids is 1. The molecule has 1 amide bonds. The van der Waals surface area contributed by atoms with E-state index in [1.165, 1.54) is 12.8 Å². The number of nitrogens with one attached hydrogen (secondary N) is 1. The van der Waals surface area contributed by atoms with Crippen molar-refractivity contribution in [3.05, 3.63) is 24.0 Å². The molecule has 3 atom stereocenters. The fraction of sp³-hybridized carbons (Fsp3) is 0.550. The smallest absolute Gasteiger partial charge is 0.228 e. The molecule has 25 heavy (non-hydrogen) atoms. The van der Waals surface area contributed by atoms with Crippen LogP contribution in [0.2, 0.25) is 0 Å². The first-order valence-electron chi connectivity index (χ1n) is 9.41. The summed E-state index contributed by atoms with van der Waals surface area (Å²) in [4.78, 5) is 23.8. The van der Waals surface area contributed by atoms with Gasteiger partial charge in [-0.25, -0.2) is 9.97 Å². The lowest BCUT2D eigenvalue weighted by Crippen LogP contribution is -2.29. The third-order valence-electron chi connectivity index (χ3n) is 5.73. The molecule has 5 nitrogen and oxygen atoms in total. The van der Waals surface area contributed by atoms with E-state index >= 15 is 0 Å². The quantitative estimate of drug-likeness (QED) is 0.918. The molecular formula is C20H26N4O. The van der Waals surface area contributed by atoms with Crippen LogP contribution in [0.3, 0.4) is 0 Å². The van der Waals surface area contributed by atoms with Crippen LogP contribution < -0.4 is 10.2 Å². The van der Waals surface area contributed by atoms with Crippen molar-refractivity contribution in [1.29, 1.82) is 0 Å². The average molecular weight is 338 g/mol. The molecular weight excluding hydrogens is 312 g/mol. The minimum Gasteiger partial charge on any atom is -0.354 e. The summed E-state index contributed by atoms with van der Waals surface area (Å²) in [6, 6.07) is 4.71. The summed E-state index contributed by atoms with van der Waals surface area (Å²) >= 11 is 0. The van der Waals surface area contributed by atoms with E-state index in [0.29, 0.717) is 17.8 Å². The maximum atomic E-state index is 12.2. The van der Waals surface area contributed by atoms with Crippen molar-refractivity contribution in [2.45, 2.75) is 52.5 Å². The topological polar surface area (TPSA) is 58.1 Å². The molecule has 0 aromatic carbocycles. The van der Waals surface area contributed by atoms with Crippen LogP contribution in [-0.4, -0.2) is 28.5 Å². The van der Waals surface area contributed by atoms with Gasteiger partial charge in [-0.3, -0.25) is 4.79 Å². The highest BCUT2D eigenvalue weighted by atomic mass is 16.2. The molecule has 2 aliphatic rings. The van der Waals surface area contributed by atoms with E-state index < -0.39 is 0 Å². The van der Waals surface area contributed by atoms with Gasteiger partial charge in [0.15, 0.2) is 0 Å². The lowest BCUT2D eigenvalue weighted by Gasteiger charge is -2.25. The summed E-state index contributed by atoms with van der Waals surface area (Å²) in [5, 5.41) is 5.12. The number of aryl methyl sites for hydroxylation is 1. The molecule has 5 heteroatoms. The Labute approximate surface area is 148 Å². The summed E-state index contributed by atoms with van der Waals surface area (Å²) in [5.74, 6) is 2.44. The Bertz CT molecular complexity index is 819. The monoisotopic (exact) mass is 338 g/mol. The van der Waals surface area contributed by atoms with Gasteiger partial charge in [-0.05, 0) is 56.0 Å². The van der Waals surface area contributed by atoms with Gasteiger partial charge in [0.25, 0.3) is 0 Å². The SMILES string of the molecule is CCC1CCCN1c1cc2cc(NC(=O)[C@@H]3C[C@@H]3C)ncc2c(C)n1. The van der Waals surface area contributed by atoms with Crippen molar-refractivity contribution in [2.24, 2.45) is 11.8 Å². The Morgan fingerprint density at radius 3 is 2.92 bits per heavy atom. The zero-order chi connectivity index (χ0) is 17.6. The van der Waals surface area contributed by atoms with Crippen molar-refractivity contribution in [3.8, 4) is 0 Å². The summed E-state index contributed by atoms with van der Waals surface area (Å²) < 4.78 is 0. The van der Waals surface area contributed by atoms with Crippen molar-refractivity contribution >= 4 is 28.3 Å². The third kappa shape index (κ3) is 3.08. The number of nitrogens with zero attached hydrogens (tertiary/aromatic N) is 3. The van der Waals surface area contributed by atoms with Crippen LogP contribution in [0.25, 0.3) is 10.8 Å². The van der Waals surface area contributed by atoms with Gasteiger partial charge >= 0.3 is 0 Å². The highest BCUT2D eigenvalue weighted by Gasteiger charge is 2.39. The Hall–Kier alpha value is -2.17. The summed E-state index contributed by atoms with van der Waals surface area (Å²) in [5.41, 5.74) is 0.996. The molecule has 1 saturated heterocycles. The zero-order valence-electron chi connectivity index (χ0n) is 15.2. The Morgan fingerprint density at radius 1 is 1.40 bits per heavy atom. The van der Waals surface area contributed by atoms with Gasteiger partial charge in [0, 0.05) is 35.8 Å². The predicted molar refractivity (Wildman–Crippen MR) is 101 cm³/mol. The minimum atomic E-state index is 0.0935. The number of anilines is 2. The highest BCUT2D eigenvalue weighted by Crippen LogP contribution is 2.38. The summed E-state index contributed by atoms with van der Waals surface area (Å²) in [6.07, 6.45) is 6.44. The molecule has 2 fully saturated rings. The normalized spacial score (nSPS) is 25.4. The van der Waals surface area contributed by atoms with Gasteiger partial charge < -0.3 is 10.2 Å². The van der Waals surface area contributed by atoms with Crippen molar-refractivity contribution in [2.75, 3.05) is 16.8 Å². The van der Waals surface area contributed by atoms with Crippen molar-refractivity contribution < 1.29 is 4.79 Å². The van der Waals surface area contributed by atoms with E-state index in [1.807, 2.05) is 19.2 Å². The zero-order valence-corrected chi connectivity index (χ0v) is 15.2. The lowest BCUT2D eigenvalue weighted by molar-refractivity contribution is -0.117. The second kappa shape index (κ2) is 6.28. The first-order chi connectivity index (χ1) is 12.1. The van der Waals surface area contributed by atoms with Crippen molar-refractivity contribution in [3.63, 3.8) is 0 Å². The fourth-order valence-corrected chi connectivity index (χ4v) is 3.98. The first kappa shape index (κ1) is 16.3. The number of carbonyl (C=O) groups is 1. The Morgan fingerprint density at radius 2 is 2.20 bits per heavy atom. The van der Waals surface area contributed by atoms with Crippen LogP contribution in [0.5, 0.6) is 0 Å². The molecule has 1 N–H and O–H groups in total. The molecule has 1 saturated carbocycles. The average Bonchev–Trinajstić information content (AvgIpc) is 3.14. The molecule has 3 heterocycles. The number of pyridine rings is 2. The Balaban J connectivity index is 1.65. The van der Waals surface area contributed by atoms with Crippen LogP contribution >= 0.6 is 0 Å². The van der Waals surface area contributed by atoms with E-state index in [1.54, 1.807) is 0 Å². The maximum Gasteiger partial charge on any atom is 0.228 e. The van der Waals surface area contributed by atoms with Gasteiger partial charge in [0.2, 0.25) is 5.91 Å². The van der Waals surface area contributed by atoms with E-state index in [2.05, 4.69) is 35.1 Å². The second-order valence-corrected chi connectivity index (χ2v) is 7.56. The number of rotatable bonds is 4. The van der Waals surface area contributed by atoms with E-state index in [9.17, 15) is 4.79 Å². The number of amides is 1. The summed E-state index contributed by atoms with van der Waals surface area (Å²) in [6.45, 7) is 7.46. The molecule has 1 aliphatic heterocycles. The molecule has 1 unspecified atom stereocenters. The van der Waals surface area contributed by atoms with E-state index in [4.69, 9.17) is 4.98 Å². The van der Waals surface area contributed by atoms with Gasteiger partial charge in [-0.15, -0.1) is 0 Å². The van der Waals surface area contributed by atoms with Crippen molar-refractivity contribution in [1.82, 2.24) is 9.97 Å². The van der Waals surface area contributed by atoms with Crippen LogP contribution in [0.4, 0.5) is 11.6 Å². The van der Waals surface area contributed by atoms with Gasteiger partial charge in [0.1, 0.15) is 11.6 Å². The molecule has 0 radical (unpaired) electrons. The minimum absolute atomic E-state index is 0.0935. The van der Waals surface area contributed by atoms with E-state index in [0.717, 1.165) is 41.7 Å². The molecule has 4 rings (SSSR count). The van der Waals surface area contributed by atoms with Crippen LogP contribution in [0.15, 0.2) is 18.3 Å². The molecule has 0 bridgehead atoms. The molecule has 2 aromatic heterocycles. The van der Waals surface area contributed by atoms with Crippen LogP contribution in [0, 0.1) is 18.8 Å². The Kier molecular flexibility index (Phi) is 4.10. The predicted octanol–water partition coefficient (Wildman–Crippen LogP) is 3.91. The van der Waals surface area contributed by atoms with Crippen LogP contribution in [-0.2, 0) is 4.79 Å². The summed E-state index contributed by atoms with van der Waals surface area (Å²) in [7, 11) is 0. The number of aromatic nitrogens is 2. The number of hydrogen-bond acceptors (Lipinski definition) is 4. The second-order valence-electron chi connectivity index (χ2n) is 7.56. The van der Waals surface area contributed by atoms with Gasteiger partial charge in [0.05, 0.1) is 0 Å².